The summed E-state index contributed by atoms with van der Waals surface area (Å²) in [5, 5.41) is 3.64. The monoisotopic (exact) mass is 310 g/mol. The van der Waals surface area contributed by atoms with Crippen LogP contribution in [0.25, 0.3) is 0 Å². The number of halogens is 1. The van der Waals surface area contributed by atoms with Gasteiger partial charge in [-0.05, 0) is 36.6 Å². The van der Waals surface area contributed by atoms with Gasteiger partial charge < -0.3 is 10.2 Å². The molecule has 0 radical (unpaired) electrons. The van der Waals surface area contributed by atoms with Gasteiger partial charge in [-0.3, -0.25) is 0 Å². The molecule has 1 heterocycles. The van der Waals surface area contributed by atoms with Crippen LogP contribution in [-0.4, -0.2) is 25.2 Å². The first-order valence-corrected chi connectivity index (χ1v) is 7.69. The average molecular weight is 311 g/mol. The third-order valence-corrected chi connectivity index (χ3v) is 4.01. The number of rotatable bonds is 4. The van der Waals surface area contributed by atoms with Crippen LogP contribution in [0.3, 0.4) is 0 Å². The third-order valence-electron chi connectivity index (χ3n) is 3.52. The molecule has 0 saturated carbocycles. The molecule has 3 heteroatoms. The molecule has 2 nitrogen and oxygen atoms in total. The fraction of sp³-hybridized carbons (Fsp3) is 0.600. The van der Waals surface area contributed by atoms with Crippen LogP contribution in [0.5, 0.6) is 0 Å². The van der Waals surface area contributed by atoms with Crippen LogP contribution in [0.4, 0.5) is 5.69 Å². The van der Waals surface area contributed by atoms with Crippen LogP contribution >= 0.6 is 15.9 Å². The second kappa shape index (κ2) is 6.07. The molecular weight excluding hydrogens is 288 g/mol. The first-order valence-electron chi connectivity index (χ1n) is 6.89. The van der Waals surface area contributed by atoms with Gasteiger partial charge >= 0.3 is 0 Å². The van der Waals surface area contributed by atoms with Crippen molar-refractivity contribution in [1.82, 2.24) is 5.32 Å². The lowest BCUT2D eigenvalue weighted by molar-refractivity contribution is 0.492. The molecule has 0 bridgehead atoms. The molecule has 1 saturated heterocycles. The lowest BCUT2D eigenvalue weighted by Gasteiger charge is -2.23. The Bertz CT molecular complexity index is 403. The average Bonchev–Trinajstić information content (AvgIpc) is 2.76. The molecule has 1 aromatic carbocycles. The summed E-state index contributed by atoms with van der Waals surface area (Å²) < 4.78 is 1.18. The van der Waals surface area contributed by atoms with Crippen LogP contribution in [0, 0.1) is 0 Å². The van der Waals surface area contributed by atoms with Crippen molar-refractivity contribution < 1.29 is 0 Å². The maximum atomic E-state index is 3.64. The smallest absolute Gasteiger partial charge is 0.0399 e. The summed E-state index contributed by atoms with van der Waals surface area (Å²) in [5.74, 6) is 0. The minimum atomic E-state index is 0.575. The quantitative estimate of drug-likeness (QED) is 0.914. The normalized spacial score (nSPS) is 19.8. The van der Waals surface area contributed by atoms with Crippen molar-refractivity contribution in [3.63, 3.8) is 0 Å². The molecule has 0 spiro atoms. The van der Waals surface area contributed by atoms with E-state index in [2.05, 4.69) is 65.1 Å². The molecule has 1 N–H and O–H groups in total. The number of anilines is 1. The fourth-order valence-electron chi connectivity index (χ4n) is 2.73. The predicted octanol–water partition coefficient (Wildman–Crippen LogP) is 3.59. The summed E-state index contributed by atoms with van der Waals surface area (Å²) >= 11 is 3.56. The van der Waals surface area contributed by atoms with E-state index >= 15 is 0 Å². The highest BCUT2D eigenvalue weighted by Crippen LogP contribution is 2.28. The molecule has 1 atom stereocenters. The second-order valence-electron chi connectivity index (χ2n) is 5.38. The molecule has 0 aliphatic carbocycles. The first kappa shape index (κ1) is 13.9. The zero-order valence-electron chi connectivity index (χ0n) is 11.5. The molecule has 18 heavy (non-hydrogen) atoms. The van der Waals surface area contributed by atoms with E-state index in [1.807, 2.05) is 0 Å². The molecule has 1 unspecified atom stereocenters. The molecule has 2 rings (SSSR count). The zero-order valence-corrected chi connectivity index (χ0v) is 13.1. The van der Waals surface area contributed by atoms with Crippen LogP contribution in [0.15, 0.2) is 22.7 Å². The van der Waals surface area contributed by atoms with Gasteiger partial charge in [0.1, 0.15) is 0 Å². The van der Waals surface area contributed by atoms with Gasteiger partial charge in [0.2, 0.25) is 0 Å². The molecule has 1 aromatic rings. The van der Waals surface area contributed by atoms with Gasteiger partial charge in [0.05, 0.1) is 0 Å². The lowest BCUT2D eigenvalue weighted by Crippen LogP contribution is -2.37. The van der Waals surface area contributed by atoms with Gasteiger partial charge in [-0.25, -0.2) is 0 Å². The highest BCUT2D eigenvalue weighted by molar-refractivity contribution is 9.10. The van der Waals surface area contributed by atoms with E-state index in [0.717, 1.165) is 13.0 Å². The van der Waals surface area contributed by atoms with Gasteiger partial charge in [0, 0.05) is 35.3 Å². The molecule has 1 aliphatic heterocycles. The highest BCUT2D eigenvalue weighted by Gasteiger charge is 2.24. The van der Waals surface area contributed by atoms with Crippen molar-refractivity contribution in [2.75, 3.05) is 18.0 Å². The minimum absolute atomic E-state index is 0.575. The summed E-state index contributed by atoms with van der Waals surface area (Å²) in [6.45, 7) is 8.97. The van der Waals surface area contributed by atoms with Crippen LogP contribution in [0.2, 0.25) is 0 Å². The Labute approximate surface area is 119 Å². The van der Waals surface area contributed by atoms with Crippen molar-refractivity contribution in [2.24, 2.45) is 0 Å². The largest absolute Gasteiger partial charge is 0.370 e. The van der Waals surface area contributed by atoms with E-state index in [4.69, 9.17) is 0 Å². The Kier molecular flexibility index (Phi) is 4.68. The van der Waals surface area contributed by atoms with Crippen molar-refractivity contribution in [3.05, 3.63) is 28.2 Å². The van der Waals surface area contributed by atoms with Crippen molar-refractivity contribution in [3.8, 4) is 0 Å². The van der Waals surface area contributed by atoms with E-state index in [1.165, 1.54) is 28.7 Å². The molecular formula is C15H23BrN2. The minimum Gasteiger partial charge on any atom is -0.370 e. The van der Waals surface area contributed by atoms with Crippen molar-refractivity contribution >= 4 is 21.6 Å². The summed E-state index contributed by atoms with van der Waals surface area (Å²) in [5.41, 5.74) is 2.85. The second-order valence-corrected chi connectivity index (χ2v) is 6.30. The summed E-state index contributed by atoms with van der Waals surface area (Å²) in [4.78, 5) is 2.52. The predicted molar refractivity (Wildman–Crippen MR) is 82.4 cm³/mol. The van der Waals surface area contributed by atoms with E-state index in [0.29, 0.717) is 12.1 Å². The number of hydrogen-bond acceptors (Lipinski definition) is 2. The first-order chi connectivity index (χ1) is 8.60. The third kappa shape index (κ3) is 3.27. The van der Waals surface area contributed by atoms with E-state index in [-0.39, 0.29) is 0 Å². The summed E-state index contributed by atoms with van der Waals surface area (Å²) in [6, 6.07) is 7.86. The van der Waals surface area contributed by atoms with Gasteiger partial charge in [0.15, 0.2) is 0 Å². The van der Waals surface area contributed by atoms with Crippen LogP contribution < -0.4 is 10.2 Å². The maximum Gasteiger partial charge on any atom is 0.0399 e. The topological polar surface area (TPSA) is 15.3 Å². The van der Waals surface area contributed by atoms with Gasteiger partial charge in [-0.2, -0.15) is 0 Å². The Morgan fingerprint density at radius 2 is 2.22 bits per heavy atom. The Hall–Kier alpha value is -0.540. The number of hydrogen-bond donors (Lipinski definition) is 1. The van der Waals surface area contributed by atoms with Crippen molar-refractivity contribution in [2.45, 2.75) is 45.7 Å². The summed E-state index contributed by atoms with van der Waals surface area (Å²) in [6.07, 6.45) is 2.34. The zero-order chi connectivity index (χ0) is 13.1. The molecule has 0 amide bonds. The number of nitrogens with zero attached hydrogens (tertiary/aromatic N) is 1. The fourth-order valence-corrected chi connectivity index (χ4v) is 3.14. The van der Waals surface area contributed by atoms with Crippen LogP contribution in [-0.2, 0) is 6.42 Å². The number of nitrogens with one attached hydrogen (secondary N) is 1. The molecule has 1 fully saturated rings. The Morgan fingerprint density at radius 3 is 2.89 bits per heavy atom. The van der Waals surface area contributed by atoms with E-state index in [1.54, 1.807) is 0 Å². The lowest BCUT2D eigenvalue weighted by atomic mass is 10.1. The number of aryl methyl sites for hydroxylation is 1. The summed E-state index contributed by atoms with van der Waals surface area (Å²) in [7, 11) is 0. The van der Waals surface area contributed by atoms with E-state index in [9.17, 15) is 0 Å². The standard InChI is InChI=1S/C15H23BrN2/c1-4-12-9-13(16)5-6-15(12)18-8-7-14(10-18)17-11(2)3/h5-6,9,11,14,17H,4,7-8,10H2,1-3H3. The van der Waals surface area contributed by atoms with Crippen LogP contribution in [0.1, 0.15) is 32.8 Å². The maximum absolute atomic E-state index is 3.64. The molecule has 100 valence electrons. The van der Waals surface area contributed by atoms with Gasteiger partial charge in [-0.15, -0.1) is 0 Å². The van der Waals surface area contributed by atoms with Gasteiger partial charge in [0.25, 0.3) is 0 Å². The molecule has 0 aromatic heterocycles. The Morgan fingerprint density at radius 1 is 1.44 bits per heavy atom. The highest BCUT2D eigenvalue weighted by atomic mass is 79.9. The van der Waals surface area contributed by atoms with E-state index < -0.39 is 0 Å². The Balaban J connectivity index is 2.09. The van der Waals surface area contributed by atoms with Crippen molar-refractivity contribution in [1.29, 1.82) is 0 Å². The SMILES string of the molecule is CCc1cc(Br)ccc1N1CCC(NC(C)C)C1. The molecule has 1 aliphatic rings. The van der Waals surface area contributed by atoms with Gasteiger partial charge in [-0.1, -0.05) is 36.7 Å². The number of benzene rings is 1.